The van der Waals surface area contributed by atoms with Crippen LogP contribution in [0.1, 0.15) is 25.8 Å². The van der Waals surface area contributed by atoms with Crippen LogP contribution in [0.5, 0.6) is 0 Å². The zero-order valence-electron chi connectivity index (χ0n) is 11.1. The molecule has 0 spiro atoms. The van der Waals surface area contributed by atoms with E-state index in [-0.39, 0.29) is 11.5 Å². The Hall–Kier alpha value is -0.910. The molecule has 0 aliphatic carbocycles. The molecule has 0 heterocycles. The first kappa shape index (κ1) is 15.1. The Balaban J connectivity index is 2.97. The summed E-state index contributed by atoms with van der Waals surface area (Å²) in [7, 11) is -1.86. The maximum atomic E-state index is 12.3. The summed E-state index contributed by atoms with van der Waals surface area (Å²) < 4.78 is 26.0. The predicted octanol–water partition coefficient (Wildman–Crippen LogP) is 1.85. The Morgan fingerprint density at radius 3 is 2.61 bits per heavy atom. The maximum Gasteiger partial charge on any atom is 0.242 e. The van der Waals surface area contributed by atoms with Crippen molar-refractivity contribution in [1.29, 1.82) is 0 Å². The summed E-state index contributed by atoms with van der Waals surface area (Å²) in [4.78, 5) is 0.236. The van der Waals surface area contributed by atoms with E-state index >= 15 is 0 Å². The van der Waals surface area contributed by atoms with Crippen molar-refractivity contribution >= 4 is 10.0 Å². The molecule has 0 aromatic heterocycles. The van der Waals surface area contributed by atoms with E-state index in [4.69, 9.17) is 5.11 Å². The van der Waals surface area contributed by atoms with Crippen molar-refractivity contribution in [2.75, 3.05) is 13.6 Å². The van der Waals surface area contributed by atoms with Crippen LogP contribution in [0.15, 0.2) is 29.2 Å². The minimum atomic E-state index is -3.45. The third-order valence-electron chi connectivity index (χ3n) is 3.05. The molecular formula is C13H21NO3S. The van der Waals surface area contributed by atoms with E-state index in [1.807, 2.05) is 13.8 Å². The second-order valence-electron chi connectivity index (χ2n) is 4.60. The van der Waals surface area contributed by atoms with Crippen LogP contribution >= 0.6 is 0 Å². The van der Waals surface area contributed by atoms with Gasteiger partial charge < -0.3 is 5.11 Å². The lowest BCUT2D eigenvalue weighted by Gasteiger charge is -2.20. The van der Waals surface area contributed by atoms with Crippen molar-refractivity contribution in [2.24, 2.45) is 5.92 Å². The smallest absolute Gasteiger partial charge is 0.242 e. The third-order valence-corrected chi connectivity index (χ3v) is 4.87. The van der Waals surface area contributed by atoms with E-state index in [1.54, 1.807) is 25.2 Å². The highest BCUT2D eigenvalue weighted by Crippen LogP contribution is 2.17. The van der Waals surface area contributed by atoms with Gasteiger partial charge in [-0.25, -0.2) is 12.7 Å². The van der Waals surface area contributed by atoms with E-state index in [0.29, 0.717) is 18.0 Å². The highest BCUT2D eigenvalue weighted by atomic mass is 32.2. The number of benzene rings is 1. The average molecular weight is 271 g/mol. The minimum absolute atomic E-state index is 0.154. The van der Waals surface area contributed by atoms with Crippen molar-refractivity contribution in [2.45, 2.75) is 31.8 Å². The van der Waals surface area contributed by atoms with Gasteiger partial charge >= 0.3 is 0 Å². The van der Waals surface area contributed by atoms with E-state index in [1.165, 1.54) is 10.4 Å². The zero-order chi connectivity index (χ0) is 13.8. The fraction of sp³-hybridized carbons (Fsp3) is 0.538. The Labute approximate surface area is 109 Å². The number of aliphatic hydroxyl groups excluding tert-OH is 1. The molecule has 0 aliphatic heterocycles. The van der Waals surface area contributed by atoms with Gasteiger partial charge in [0.25, 0.3) is 0 Å². The molecule has 0 fully saturated rings. The van der Waals surface area contributed by atoms with Gasteiger partial charge in [0, 0.05) is 13.6 Å². The van der Waals surface area contributed by atoms with Gasteiger partial charge in [-0.2, -0.15) is 0 Å². The molecule has 1 aromatic rings. The lowest BCUT2D eigenvalue weighted by Crippen LogP contribution is -2.31. The van der Waals surface area contributed by atoms with Crippen molar-refractivity contribution in [1.82, 2.24) is 4.31 Å². The SMILES string of the molecule is CCC(C)CN(C)S(=O)(=O)c1cccc(CO)c1. The number of aliphatic hydroxyl groups is 1. The van der Waals surface area contributed by atoms with Crippen LogP contribution in [0, 0.1) is 5.92 Å². The second-order valence-corrected chi connectivity index (χ2v) is 6.65. The monoisotopic (exact) mass is 271 g/mol. The molecule has 0 saturated heterocycles. The first-order chi connectivity index (χ1) is 8.41. The van der Waals surface area contributed by atoms with Crippen LogP contribution in [0.25, 0.3) is 0 Å². The van der Waals surface area contributed by atoms with Crippen molar-refractivity contribution < 1.29 is 13.5 Å². The summed E-state index contributed by atoms with van der Waals surface area (Å²) in [6.07, 6.45) is 0.941. The number of nitrogens with zero attached hydrogens (tertiary/aromatic N) is 1. The Bertz CT molecular complexity index is 485. The molecule has 5 heteroatoms. The number of rotatable bonds is 6. The van der Waals surface area contributed by atoms with E-state index < -0.39 is 10.0 Å². The predicted molar refractivity (Wildman–Crippen MR) is 71.6 cm³/mol. The van der Waals surface area contributed by atoms with E-state index in [0.717, 1.165) is 6.42 Å². The number of hydrogen-bond donors (Lipinski definition) is 1. The van der Waals surface area contributed by atoms with Crippen molar-refractivity contribution in [3.8, 4) is 0 Å². The summed E-state index contributed by atoms with van der Waals surface area (Å²) in [5.41, 5.74) is 0.605. The van der Waals surface area contributed by atoms with Gasteiger partial charge in [0.2, 0.25) is 10.0 Å². The van der Waals surface area contributed by atoms with E-state index in [2.05, 4.69) is 0 Å². The molecule has 4 nitrogen and oxygen atoms in total. The molecule has 1 aromatic carbocycles. The normalized spacial score (nSPS) is 13.8. The molecule has 0 saturated carbocycles. The molecule has 18 heavy (non-hydrogen) atoms. The van der Waals surface area contributed by atoms with Gasteiger partial charge in [-0.15, -0.1) is 0 Å². The first-order valence-electron chi connectivity index (χ1n) is 6.08. The second kappa shape index (κ2) is 6.31. The lowest BCUT2D eigenvalue weighted by molar-refractivity contribution is 0.281. The summed E-state index contributed by atoms with van der Waals surface area (Å²) >= 11 is 0. The zero-order valence-corrected chi connectivity index (χ0v) is 11.9. The van der Waals surface area contributed by atoms with Crippen LogP contribution in [0.2, 0.25) is 0 Å². The molecule has 1 rings (SSSR count). The third kappa shape index (κ3) is 3.54. The largest absolute Gasteiger partial charge is 0.392 e. The van der Waals surface area contributed by atoms with Crippen LogP contribution in [0.3, 0.4) is 0 Å². The van der Waals surface area contributed by atoms with Gasteiger partial charge in [-0.05, 0) is 23.6 Å². The summed E-state index contributed by atoms with van der Waals surface area (Å²) in [5, 5.41) is 9.04. The quantitative estimate of drug-likeness (QED) is 0.859. The summed E-state index contributed by atoms with van der Waals surface area (Å²) in [5.74, 6) is 0.325. The average Bonchev–Trinajstić information content (AvgIpc) is 2.38. The number of hydrogen-bond acceptors (Lipinski definition) is 3. The molecule has 0 radical (unpaired) electrons. The molecule has 0 amide bonds. The topological polar surface area (TPSA) is 57.6 Å². The fourth-order valence-corrected chi connectivity index (χ4v) is 3.01. The molecular weight excluding hydrogens is 250 g/mol. The first-order valence-corrected chi connectivity index (χ1v) is 7.52. The van der Waals surface area contributed by atoms with Crippen LogP contribution in [-0.4, -0.2) is 31.4 Å². The Morgan fingerprint density at radius 1 is 1.39 bits per heavy atom. The number of sulfonamides is 1. The lowest BCUT2D eigenvalue weighted by atomic mass is 10.1. The highest BCUT2D eigenvalue weighted by molar-refractivity contribution is 7.89. The van der Waals surface area contributed by atoms with Crippen molar-refractivity contribution in [3.63, 3.8) is 0 Å². The molecule has 0 aliphatic rings. The van der Waals surface area contributed by atoms with Crippen LogP contribution in [0.4, 0.5) is 0 Å². The molecule has 1 atom stereocenters. The van der Waals surface area contributed by atoms with Crippen LogP contribution < -0.4 is 0 Å². The van der Waals surface area contributed by atoms with Crippen molar-refractivity contribution in [3.05, 3.63) is 29.8 Å². The fourth-order valence-electron chi connectivity index (χ4n) is 1.65. The van der Waals surface area contributed by atoms with Crippen LogP contribution in [-0.2, 0) is 16.6 Å². The molecule has 1 unspecified atom stereocenters. The Morgan fingerprint density at radius 2 is 2.06 bits per heavy atom. The molecule has 1 N–H and O–H groups in total. The Kier molecular flexibility index (Phi) is 5.31. The standard InChI is InChI=1S/C13H21NO3S/c1-4-11(2)9-14(3)18(16,17)13-7-5-6-12(8-13)10-15/h5-8,11,15H,4,9-10H2,1-3H3. The molecule has 102 valence electrons. The van der Waals surface area contributed by atoms with Gasteiger partial charge in [0.05, 0.1) is 11.5 Å². The summed E-state index contributed by atoms with van der Waals surface area (Å²) in [6.45, 7) is 4.41. The van der Waals surface area contributed by atoms with E-state index in [9.17, 15) is 8.42 Å². The van der Waals surface area contributed by atoms with Gasteiger partial charge in [0.1, 0.15) is 0 Å². The summed E-state index contributed by atoms with van der Waals surface area (Å²) in [6, 6.07) is 6.42. The molecule has 0 bridgehead atoms. The van der Waals surface area contributed by atoms with Gasteiger partial charge in [-0.3, -0.25) is 0 Å². The van der Waals surface area contributed by atoms with Gasteiger partial charge in [-0.1, -0.05) is 32.4 Å². The van der Waals surface area contributed by atoms with Gasteiger partial charge in [0.15, 0.2) is 0 Å². The maximum absolute atomic E-state index is 12.3. The highest BCUT2D eigenvalue weighted by Gasteiger charge is 2.21. The minimum Gasteiger partial charge on any atom is -0.392 e.